The SMILES string of the molecule is CCN(CC)C(=O)c1cc(Sc2ccccc2N)ccn1. The summed E-state index contributed by atoms with van der Waals surface area (Å²) in [5.41, 5.74) is 7.15. The van der Waals surface area contributed by atoms with Crippen molar-refractivity contribution in [3.63, 3.8) is 0 Å². The number of para-hydroxylation sites is 1. The van der Waals surface area contributed by atoms with Gasteiger partial charge in [-0.15, -0.1) is 0 Å². The maximum absolute atomic E-state index is 12.3. The lowest BCUT2D eigenvalue weighted by Gasteiger charge is -2.18. The number of anilines is 1. The molecule has 0 aliphatic heterocycles. The molecule has 21 heavy (non-hydrogen) atoms. The Labute approximate surface area is 129 Å². The van der Waals surface area contributed by atoms with Crippen LogP contribution in [0.5, 0.6) is 0 Å². The third kappa shape index (κ3) is 3.76. The molecule has 0 aliphatic carbocycles. The van der Waals surface area contributed by atoms with Crippen LogP contribution in [0.2, 0.25) is 0 Å². The minimum atomic E-state index is -0.0384. The second-order valence-corrected chi connectivity index (χ2v) is 5.61. The molecule has 0 bridgehead atoms. The summed E-state index contributed by atoms with van der Waals surface area (Å²) in [4.78, 5) is 20.2. The number of nitrogens with zero attached hydrogens (tertiary/aromatic N) is 2. The summed E-state index contributed by atoms with van der Waals surface area (Å²) in [6, 6.07) is 11.4. The lowest BCUT2D eigenvalue weighted by molar-refractivity contribution is 0.0767. The van der Waals surface area contributed by atoms with Crippen molar-refractivity contribution in [3.8, 4) is 0 Å². The Morgan fingerprint density at radius 3 is 2.62 bits per heavy atom. The first-order chi connectivity index (χ1) is 10.2. The summed E-state index contributed by atoms with van der Waals surface area (Å²) >= 11 is 1.54. The molecule has 2 aromatic rings. The Kier molecular flexibility index (Phi) is 5.22. The zero-order chi connectivity index (χ0) is 15.2. The van der Waals surface area contributed by atoms with Gasteiger partial charge in [0.05, 0.1) is 0 Å². The van der Waals surface area contributed by atoms with Gasteiger partial charge < -0.3 is 10.6 Å². The topological polar surface area (TPSA) is 59.2 Å². The number of amides is 1. The van der Waals surface area contributed by atoms with Crippen LogP contribution in [0.15, 0.2) is 52.4 Å². The van der Waals surface area contributed by atoms with E-state index in [4.69, 9.17) is 5.73 Å². The Morgan fingerprint density at radius 2 is 1.95 bits per heavy atom. The standard InChI is InChI=1S/C16H19N3OS/c1-3-19(4-2)16(20)14-11-12(9-10-18-14)21-15-8-6-5-7-13(15)17/h5-11H,3-4,17H2,1-2H3. The third-order valence-electron chi connectivity index (χ3n) is 3.15. The molecule has 2 rings (SSSR count). The van der Waals surface area contributed by atoms with E-state index >= 15 is 0 Å². The van der Waals surface area contributed by atoms with Gasteiger partial charge in [0.1, 0.15) is 5.69 Å². The van der Waals surface area contributed by atoms with E-state index in [0.29, 0.717) is 18.8 Å². The Balaban J connectivity index is 2.22. The van der Waals surface area contributed by atoms with Crippen molar-refractivity contribution >= 4 is 23.4 Å². The fraction of sp³-hybridized carbons (Fsp3) is 0.250. The van der Waals surface area contributed by atoms with E-state index in [-0.39, 0.29) is 5.91 Å². The quantitative estimate of drug-likeness (QED) is 0.861. The number of nitrogen functional groups attached to an aromatic ring is 1. The maximum Gasteiger partial charge on any atom is 0.272 e. The Morgan fingerprint density at radius 1 is 1.24 bits per heavy atom. The van der Waals surface area contributed by atoms with E-state index < -0.39 is 0 Å². The van der Waals surface area contributed by atoms with Crippen molar-refractivity contribution in [1.29, 1.82) is 0 Å². The second-order valence-electron chi connectivity index (χ2n) is 4.49. The fourth-order valence-electron chi connectivity index (χ4n) is 1.96. The van der Waals surface area contributed by atoms with E-state index in [1.165, 1.54) is 11.8 Å². The zero-order valence-corrected chi connectivity index (χ0v) is 13.1. The lowest BCUT2D eigenvalue weighted by atomic mass is 10.3. The van der Waals surface area contributed by atoms with Crippen molar-refractivity contribution < 1.29 is 4.79 Å². The summed E-state index contributed by atoms with van der Waals surface area (Å²) in [5.74, 6) is -0.0384. The Bertz CT molecular complexity index is 626. The highest BCUT2D eigenvalue weighted by Crippen LogP contribution is 2.31. The van der Waals surface area contributed by atoms with Crippen molar-refractivity contribution in [2.45, 2.75) is 23.6 Å². The molecule has 0 saturated carbocycles. The van der Waals surface area contributed by atoms with Gasteiger partial charge in [-0.25, -0.2) is 0 Å². The molecule has 4 nitrogen and oxygen atoms in total. The summed E-state index contributed by atoms with van der Waals surface area (Å²) in [6.07, 6.45) is 1.66. The molecule has 0 atom stereocenters. The van der Waals surface area contributed by atoms with Crippen molar-refractivity contribution in [3.05, 3.63) is 48.3 Å². The van der Waals surface area contributed by atoms with Gasteiger partial charge in [-0.3, -0.25) is 9.78 Å². The number of carbonyl (C=O) groups excluding carboxylic acids is 1. The van der Waals surface area contributed by atoms with Crippen LogP contribution in [0.25, 0.3) is 0 Å². The minimum Gasteiger partial charge on any atom is -0.398 e. The molecule has 0 aliphatic rings. The molecule has 1 amide bonds. The predicted octanol–water partition coefficient (Wildman–Crippen LogP) is 3.30. The number of pyridine rings is 1. The summed E-state index contributed by atoms with van der Waals surface area (Å²) in [7, 11) is 0. The molecule has 1 aromatic carbocycles. The average Bonchev–Trinajstić information content (AvgIpc) is 2.51. The molecule has 1 heterocycles. The molecule has 0 saturated heterocycles. The number of carbonyl (C=O) groups is 1. The molecular weight excluding hydrogens is 282 g/mol. The van der Waals surface area contributed by atoms with E-state index in [0.717, 1.165) is 15.5 Å². The van der Waals surface area contributed by atoms with E-state index in [1.807, 2.05) is 50.2 Å². The second kappa shape index (κ2) is 7.13. The summed E-state index contributed by atoms with van der Waals surface area (Å²) in [6.45, 7) is 5.29. The van der Waals surface area contributed by atoms with E-state index in [9.17, 15) is 4.79 Å². The van der Waals surface area contributed by atoms with Gasteiger partial charge in [0.2, 0.25) is 0 Å². The van der Waals surface area contributed by atoms with Gasteiger partial charge in [-0.05, 0) is 38.1 Å². The van der Waals surface area contributed by atoms with Gasteiger partial charge in [0, 0.05) is 34.8 Å². The van der Waals surface area contributed by atoms with Gasteiger partial charge in [-0.2, -0.15) is 0 Å². The van der Waals surface area contributed by atoms with Crippen LogP contribution in [-0.2, 0) is 0 Å². The molecule has 2 N–H and O–H groups in total. The molecular formula is C16H19N3OS. The van der Waals surface area contributed by atoms with Crippen LogP contribution in [0.1, 0.15) is 24.3 Å². The van der Waals surface area contributed by atoms with Crippen LogP contribution in [-0.4, -0.2) is 28.9 Å². The smallest absolute Gasteiger partial charge is 0.272 e. The first kappa shape index (κ1) is 15.4. The summed E-state index contributed by atoms with van der Waals surface area (Å²) < 4.78 is 0. The van der Waals surface area contributed by atoms with Crippen molar-refractivity contribution in [2.75, 3.05) is 18.8 Å². The lowest BCUT2D eigenvalue weighted by Crippen LogP contribution is -2.31. The third-order valence-corrected chi connectivity index (χ3v) is 4.23. The maximum atomic E-state index is 12.3. The number of nitrogens with two attached hydrogens (primary N) is 1. The molecule has 0 spiro atoms. The monoisotopic (exact) mass is 301 g/mol. The molecule has 1 aromatic heterocycles. The average molecular weight is 301 g/mol. The van der Waals surface area contributed by atoms with Gasteiger partial charge in [-0.1, -0.05) is 23.9 Å². The van der Waals surface area contributed by atoms with Gasteiger partial charge in [0.15, 0.2) is 0 Å². The highest BCUT2D eigenvalue weighted by Gasteiger charge is 2.14. The number of aromatic nitrogens is 1. The van der Waals surface area contributed by atoms with Gasteiger partial charge >= 0.3 is 0 Å². The zero-order valence-electron chi connectivity index (χ0n) is 12.2. The first-order valence-electron chi connectivity index (χ1n) is 6.93. The number of hydrogen-bond donors (Lipinski definition) is 1. The molecule has 5 heteroatoms. The largest absolute Gasteiger partial charge is 0.398 e. The first-order valence-corrected chi connectivity index (χ1v) is 7.75. The van der Waals surface area contributed by atoms with Crippen molar-refractivity contribution in [1.82, 2.24) is 9.88 Å². The van der Waals surface area contributed by atoms with Crippen LogP contribution in [0.4, 0.5) is 5.69 Å². The van der Waals surface area contributed by atoms with Crippen molar-refractivity contribution in [2.24, 2.45) is 0 Å². The van der Waals surface area contributed by atoms with Crippen LogP contribution < -0.4 is 5.73 Å². The van der Waals surface area contributed by atoms with Crippen LogP contribution in [0.3, 0.4) is 0 Å². The summed E-state index contributed by atoms with van der Waals surface area (Å²) in [5, 5.41) is 0. The molecule has 110 valence electrons. The molecule has 0 radical (unpaired) electrons. The Hall–Kier alpha value is -2.01. The normalized spacial score (nSPS) is 10.4. The highest BCUT2D eigenvalue weighted by molar-refractivity contribution is 7.99. The number of benzene rings is 1. The molecule has 0 fully saturated rings. The van der Waals surface area contributed by atoms with E-state index in [2.05, 4.69) is 4.98 Å². The molecule has 0 unspecified atom stereocenters. The minimum absolute atomic E-state index is 0.0384. The number of hydrogen-bond acceptors (Lipinski definition) is 4. The van der Waals surface area contributed by atoms with Gasteiger partial charge in [0.25, 0.3) is 5.91 Å². The fourth-order valence-corrected chi connectivity index (χ4v) is 2.85. The van der Waals surface area contributed by atoms with Crippen LogP contribution in [0, 0.1) is 0 Å². The highest BCUT2D eigenvalue weighted by atomic mass is 32.2. The van der Waals surface area contributed by atoms with E-state index in [1.54, 1.807) is 11.1 Å². The predicted molar refractivity (Wildman–Crippen MR) is 86.5 cm³/mol. The van der Waals surface area contributed by atoms with Crippen LogP contribution >= 0.6 is 11.8 Å². The number of rotatable bonds is 5.